The molecule has 0 saturated carbocycles. The highest BCUT2D eigenvalue weighted by molar-refractivity contribution is 9.11. The van der Waals surface area contributed by atoms with Gasteiger partial charge in [-0.2, -0.15) is 0 Å². The summed E-state index contributed by atoms with van der Waals surface area (Å²) in [5, 5.41) is 3.25. The number of carbonyl (C=O) groups is 2. The zero-order valence-corrected chi connectivity index (χ0v) is 14.0. The van der Waals surface area contributed by atoms with Gasteiger partial charge in [0.2, 0.25) is 5.91 Å². The second kappa shape index (κ2) is 6.69. The molecule has 1 aliphatic rings. The van der Waals surface area contributed by atoms with Crippen LogP contribution in [0.1, 0.15) is 16.6 Å². The van der Waals surface area contributed by atoms with Crippen LogP contribution in [0, 0.1) is 0 Å². The van der Waals surface area contributed by atoms with E-state index in [2.05, 4.69) is 21.2 Å². The monoisotopic (exact) mass is 359 g/mol. The molecule has 1 aliphatic heterocycles. The van der Waals surface area contributed by atoms with Crippen LogP contribution in [0.2, 0.25) is 0 Å². The Morgan fingerprint density at radius 1 is 1.55 bits per heavy atom. The lowest BCUT2D eigenvalue weighted by molar-refractivity contribution is -0.134. The van der Waals surface area contributed by atoms with Gasteiger partial charge in [0, 0.05) is 32.7 Å². The standard InChI is InChI=1S/C13H18BrN3O2S/c1-9-7-15-5-6-17(9)12(18)8-16(2)13(19)10-3-4-11(14)20-10/h3-4,9,15H,5-8H2,1-2H3. The van der Waals surface area contributed by atoms with Crippen molar-refractivity contribution in [1.82, 2.24) is 15.1 Å². The number of carbonyl (C=O) groups excluding carboxylic acids is 2. The van der Waals surface area contributed by atoms with E-state index in [-0.39, 0.29) is 24.4 Å². The number of piperazine rings is 1. The highest BCUT2D eigenvalue weighted by Gasteiger charge is 2.25. The Morgan fingerprint density at radius 3 is 2.90 bits per heavy atom. The van der Waals surface area contributed by atoms with Gasteiger partial charge in [-0.15, -0.1) is 11.3 Å². The van der Waals surface area contributed by atoms with Crippen LogP contribution in [-0.4, -0.2) is 60.9 Å². The van der Waals surface area contributed by atoms with E-state index in [0.717, 1.165) is 16.9 Å². The van der Waals surface area contributed by atoms with Gasteiger partial charge < -0.3 is 15.1 Å². The van der Waals surface area contributed by atoms with Gasteiger partial charge in [0.25, 0.3) is 5.91 Å². The topological polar surface area (TPSA) is 52.7 Å². The van der Waals surface area contributed by atoms with E-state index in [1.54, 1.807) is 13.1 Å². The lowest BCUT2D eigenvalue weighted by Crippen LogP contribution is -2.54. The van der Waals surface area contributed by atoms with Crippen LogP contribution in [-0.2, 0) is 4.79 Å². The predicted octanol–water partition coefficient (Wildman–Crippen LogP) is 1.40. The number of rotatable bonds is 3. The number of nitrogens with zero attached hydrogens (tertiary/aromatic N) is 2. The molecule has 0 bridgehead atoms. The number of likely N-dealkylation sites (N-methyl/N-ethyl adjacent to an activating group) is 1. The first kappa shape index (κ1) is 15.5. The van der Waals surface area contributed by atoms with Crippen LogP contribution < -0.4 is 5.32 Å². The highest BCUT2D eigenvalue weighted by atomic mass is 79.9. The molecule has 2 amide bonds. The van der Waals surface area contributed by atoms with Gasteiger partial charge in [0.1, 0.15) is 0 Å². The van der Waals surface area contributed by atoms with Crippen LogP contribution in [0.5, 0.6) is 0 Å². The van der Waals surface area contributed by atoms with Gasteiger partial charge in [0.05, 0.1) is 15.2 Å². The fourth-order valence-corrected chi connectivity index (χ4v) is 3.58. The Hall–Kier alpha value is -0.920. The molecule has 7 heteroatoms. The fraction of sp³-hybridized carbons (Fsp3) is 0.538. The van der Waals surface area contributed by atoms with Crippen molar-refractivity contribution in [3.8, 4) is 0 Å². The van der Waals surface area contributed by atoms with Gasteiger partial charge in [-0.25, -0.2) is 0 Å². The summed E-state index contributed by atoms with van der Waals surface area (Å²) >= 11 is 4.71. The fourth-order valence-electron chi connectivity index (χ4n) is 2.19. The van der Waals surface area contributed by atoms with Gasteiger partial charge in [-0.05, 0) is 35.0 Å². The lowest BCUT2D eigenvalue weighted by atomic mass is 10.2. The molecule has 2 rings (SSSR count). The van der Waals surface area contributed by atoms with E-state index >= 15 is 0 Å². The molecule has 5 nitrogen and oxygen atoms in total. The molecule has 0 aromatic carbocycles. The minimum absolute atomic E-state index is 0.00507. The Labute approximate surface area is 131 Å². The van der Waals surface area contributed by atoms with Crippen molar-refractivity contribution in [1.29, 1.82) is 0 Å². The van der Waals surface area contributed by atoms with E-state index in [4.69, 9.17) is 0 Å². The zero-order valence-electron chi connectivity index (χ0n) is 11.6. The first-order valence-electron chi connectivity index (χ1n) is 6.50. The van der Waals surface area contributed by atoms with Gasteiger partial charge in [-0.3, -0.25) is 9.59 Å². The third kappa shape index (κ3) is 3.59. The van der Waals surface area contributed by atoms with Crippen LogP contribution in [0.3, 0.4) is 0 Å². The van der Waals surface area contributed by atoms with Gasteiger partial charge in [0.15, 0.2) is 0 Å². The summed E-state index contributed by atoms with van der Waals surface area (Å²) in [4.78, 5) is 28.4. The van der Waals surface area contributed by atoms with Gasteiger partial charge >= 0.3 is 0 Å². The number of hydrogen-bond acceptors (Lipinski definition) is 4. The first-order chi connectivity index (χ1) is 9.49. The lowest BCUT2D eigenvalue weighted by Gasteiger charge is -2.35. The van der Waals surface area contributed by atoms with Crippen molar-refractivity contribution in [2.45, 2.75) is 13.0 Å². The molecule has 0 radical (unpaired) electrons. The Bertz CT molecular complexity index is 506. The summed E-state index contributed by atoms with van der Waals surface area (Å²) < 4.78 is 0.913. The van der Waals surface area contributed by atoms with Crippen LogP contribution in [0.4, 0.5) is 0 Å². The smallest absolute Gasteiger partial charge is 0.264 e. The molecule has 1 saturated heterocycles. The molecule has 1 aromatic heterocycles. The van der Waals surface area contributed by atoms with E-state index in [1.807, 2.05) is 17.9 Å². The summed E-state index contributed by atoms with van der Waals surface area (Å²) in [6.45, 7) is 4.46. The minimum atomic E-state index is -0.114. The SMILES string of the molecule is CC1CNCCN1C(=O)CN(C)C(=O)c1ccc(Br)s1. The Balaban J connectivity index is 1.95. The maximum absolute atomic E-state index is 12.3. The first-order valence-corrected chi connectivity index (χ1v) is 8.11. The summed E-state index contributed by atoms with van der Waals surface area (Å²) in [6, 6.07) is 3.79. The summed E-state index contributed by atoms with van der Waals surface area (Å²) in [5.74, 6) is -0.109. The van der Waals surface area contributed by atoms with E-state index in [0.29, 0.717) is 11.4 Å². The molecule has 20 heavy (non-hydrogen) atoms. The number of hydrogen-bond donors (Lipinski definition) is 1. The van der Waals surface area contributed by atoms with Crippen molar-refractivity contribution < 1.29 is 9.59 Å². The molecule has 2 heterocycles. The molecule has 1 atom stereocenters. The van der Waals surface area contributed by atoms with Crippen molar-refractivity contribution in [3.63, 3.8) is 0 Å². The Kier molecular flexibility index (Phi) is 5.17. The molecule has 1 fully saturated rings. The number of thiophene rings is 1. The van der Waals surface area contributed by atoms with Crippen LogP contribution >= 0.6 is 27.3 Å². The molecule has 110 valence electrons. The molecule has 1 unspecified atom stereocenters. The van der Waals surface area contributed by atoms with Crippen molar-refractivity contribution >= 4 is 39.1 Å². The second-order valence-corrected chi connectivity index (χ2v) is 7.37. The highest BCUT2D eigenvalue weighted by Crippen LogP contribution is 2.23. The molecule has 1 aromatic rings. The van der Waals surface area contributed by atoms with Gasteiger partial charge in [-0.1, -0.05) is 0 Å². The van der Waals surface area contributed by atoms with E-state index < -0.39 is 0 Å². The summed E-state index contributed by atoms with van der Waals surface area (Å²) in [5.41, 5.74) is 0. The maximum Gasteiger partial charge on any atom is 0.264 e. The second-order valence-electron chi connectivity index (χ2n) is 4.91. The zero-order chi connectivity index (χ0) is 14.7. The van der Waals surface area contributed by atoms with E-state index in [9.17, 15) is 9.59 Å². The molecule has 0 spiro atoms. The minimum Gasteiger partial charge on any atom is -0.336 e. The van der Waals surface area contributed by atoms with Crippen molar-refractivity contribution in [2.24, 2.45) is 0 Å². The molecule has 0 aliphatic carbocycles. The average molecular weight is 360 g/mol. The predicted molar refractivity (Wildman–Crippen MR) is 83.0 cm³/mol. The third-order valence-electron chi connectivity index (χ3n) is 3.32. The largest absolute Gasteiger partial charge is 0.336 e. The Morgan fingerprint density at radius 2 is 2.30 bits per heavy atom. The number of halogens is 1. The van der Waals surface area contributed by atoms with E-state index in [1.165, 1.54) is 16.2 Å². The van der Waals surface area contributed by atoms with Crippen molar-refractivity contribution in [3.05, 3.63) is 20.8 Å². The molecular weight excluding hydrogens is 342 g/mol. The number of amides is 2. The van der Waals surface area contributed by atoms with Crippen molar-refractivity contribution in [2.75, 3.05) is 33.2 Å². The number of nitrogens with one attached hydrogen (secondary N) is 1. The molecular formula is C13H18BrN3O2S. The normalized spacial score (nSPS) is 18.9. The summed E-state index contributed by atoms with van der Waals surface area (Å²) in [6.07, 6.45) is 0. The average Bonchev–Trinajstić information content (AvgIpc) is 2.84. The van der Waals surface area contributed by atoms with Crippen LogP contribution in [0.15, 0.2) is 15.9 Å². The maximum atomic E-state index is 12.3. The molecule has 1 N–H and O–H groups in total. The third-order valence-corrected chi connectivity index (χ3v) is 4.94. The quantitative estimate of drug-likeness (QED) is 0.887. The van der Waals surface area contributed by atoms with Crippen LogP contribution in [0.25, 0.3) is 0 Å². The summed E-state index contributed by atoms with van der Waals surface area (Å²) in [7, 11) is 1.67.